The number of thioether (sulfide) groups is 1. The van der Waals surface area contributed by atoms with Crippen LogP contribution in [0, 0.1) is 40.7 Å². The molecule has 0 saturated carbocycles. The molecule has 35 heteroatoms. The van der Waals surface area contributed by atoms with Crippen LogP contribution in [-0.4, -0.2) is 123 Å². The van der Waals surface area contributed by atoms with Gasteiger partial charge in [-0.1, -0.05) is 6.07 Å². The number of ether oxygens (including phenoxy) is 6. The summed E-state index contributed by atoms with van der Waals surface area (Å²) in [4.78, 5) is 59.8. The first kappa shape index (κ1) is 92.2. The summed E-state index contributed by atoms with van der Waals surface area (Å²) < 4.78 is 207. The molecule has 624 valence electrons. The lowest BCUT2D eigenvalue weighted by Crippen LogP contribution is -2.50. The van der Waals surface area contributed by atoms with Crippen LogP contribution in [0.1, 0.15) is 62.7 Å². The number of Topliss-reactive ketones (excluding diaryl/α,β-unsaturated/α-hetero) is 1. The second-order valence-electron chi connectivity index (χ2n) is 25.2. The van der Waals surface area contributed by atoms with Crippen molar-refractivity contribution in [1.29, 1.82) is 0 Å². The first-order chi connectivity index (χ1) is 56.2. The number of rotatable bonds is 20. The van der Waals surface area contributed by atoms with Crippen LogP contribution < -0.4 is 14.8 Å². The Kier molecular flexibility index (Phi) is 33.5. The maximum absolute atomic E-state index is 15.2. The Balaban J connectivity index is 0.000000166. The number of thiol groups is 1. The molecule has 3 N–H and O–H groups in total. The number of halogens is 13. The molecule has 1 amide bonds. The lowest BCUT2D eigenvalue weighted by Gasteiger charge is -2.30. The maximum Gasteiger partial charge on any atom is 0.382 e. The van der Waals surface area contributed by atoms with Gasteiger partial charge in [-0.05, 0) is 260 Å². The molecular formula is C83H71F13N2O13S7. The van der Waals surface area contributed by atoms with Crippen LogP contribution >= 0.6 is 81.1 Å². The van der Waals surface area contributed by atoms with Gasteiger partial charge >= 0.3 is 35.7 Å². The number of fused-ring (bicyclic) bond motifs is 6. The minimum Gasteiger partial charge on any atom is -0.486 e. The average Bonchev–Trinajstić information content (AvgIpc) is 1.56. The van der Waals surface area contributed by atoms with Gasteiger partial charge in [0.25, 0.3) is 11.7 Å². The summed E-state index contributed by atoms with van der Waals surface area (Å²) in [5, 5.41) is 26.4. The van der Waals surface area contributed by atoms with Gasteiger partial charge in [-0.25, -0.2) is 45.1 Å². The second kappa shape index (κ2) is 42.8. The predicted octanol–water partition coefficient (Wildman–Crippen LogP) is 21.6. The summed E-state index contributed by atoms with van der Waals surface area (Å²) in [6.45, 7) is 5.65. The van der Waals surface area contributed by atoms with Gasteiger partial charge in [0, 0.05) is 59.8 Å². The van der Waals surface area contributed by atoms with E-state index >= 15 is 8.78 Å². The molecule has 118 heavy (non-hydrogen) atoms. The summed E-state index contributed by atoms with van der Waals surface area (Å²) >= 11 is 10.4. The van der Waals surface area contributed by atoms with Gasteiger partial charge in [-0.2, -0.15) is 26.3 Å². The van der Waals surface area contributed by atoms with Gasteiger partial charge in [-0.15, -0.1) is 81.1 Å². The van der Waals surface area contributed by atoms with E-state index in [2.05, 4.69) is 27.4 Å². The fourth-order valence-corrected chi connectivity index (χ4v) is 16.8. The Bertz CT molecular complexity index is 5540. The molecule has 2 atom stereocenters. The van der Waals surface area contributed by atoms with Gasteiger partial charge in [0.2, 0.25) is 0 Å². The van der Waals surface area contributed by atoms with Crippen molar-refractivity contribution in [3.8, 4) is 11.5 Å². The summed E-state index contributed by atoms with van der Waals surface area (Å²) in [7, 11) is 3.19. The molecule has 0 bridgehead atoms. The van der Waals surface area contributed by atoms with Gasteiger partial charge in [0.15, 0.2) is 17.8 Å². The number of likely N-dealkylation sites (tertiary alicyclic amines) is 1. The monoisotopic (exact) mass is 1770 g/mol. The summed E-state index contributed by atoms with van der Waals surface area (Å²) in [6, 6.07) is 43.1. The molecule has 5 aromatic heterocycles. The molecule has 7 heterocycles. The smallest absolute Gasteiger partial charge is 0.382 e. The van der Waals surface area contributed by atoms with E-state index in [-0.39, 0.29) is 59.6 Å². The number of amides is 1. The molecule has 2 aliphatic heterocycles. The Morgan fingerprint density at radius 2 is 0.958 bits per heavy atom. The Hall–Kier alpha value is -9.66. The molecule has 15 rings (SSSR count). The van der Waals surface area contributed by atoms with Gasteiger partial charge in [-0.3, -0.25) is 9.59 Å². The summed E-state index contributed by atoms with van der Waals surface area (Å²) in [6.07, 6.45) is 0.470. The largest absolute Gasteiger partial charge is 0.486 e. The minimum atomic E-state index is -3.93. The van der Waals surface area contributed by atoms with Crippen molar-refractivity contribution in [2.24, 2.45) is 0 Å². The van der Waals surface area contributed by atoms with E-state index < -0.39 is 91.6 Å². The molecule has 0 unspecified atom stereocenters. The van der Waals surface area contributed by atoms with Gasteiger partial charge in [0.1, 0.15) is 60.0 Å². The summed E-state index contributed by atoms with van der Waals surface area (Å²) in [5.74, 6) is -19.2. The van der Waals surface area contributed by atoms with E-state index in [1.165, 1.54) is 85.8 Å². The van der Waals surface area contributed by atoms with Crippen LogP contribution in [0.25, 0.3) is 50.4 Å². The number of hydrogen-bond acceptors (Lipinski definition) is 20. The third kappa shape index (κ3) is 25.4. The van der Waals surface area contributed by atoms with Crippen molar-refractivity contribution in [3.63, 3.8) is 0 Å². The number of nitrogens with one attached hydrogen (secondary N) is 1. The quantitative estimate of drug-likeness (QED) is 0.0107. The number of hydrogen-bond donors (Lipinski definition) is 4. The number of carboxylic acid groups (broad SMARTS) is 1. The zero-order chi connectivity index (χ0) is 85.6. The van der Waals surface area contributed by atoms with Crippen molar-refractivity contribution in [2.75, 3.05) is 66.0 Å². The average molecular weight is 1780 g/mol. The topological polar surface area (TPSA) is 196 Å². The van der Waals surface area contributed by atoms with E-state index in [0.29, 0.717) is 77.6 Å². The van der Waals surface area contributed by atoms with Crippen molar-refractivity contribution in [3.05, 3.63) is 259 Å². The normalized spacial score (nSPS) is 13.1. The first-order valence-corrected chi connectivity index (χ1v) is 40.9. The molecule has 0 radical (unpaired) electrons. The van der Waals surface area contributed by atoms with E-state index in [1.54, 1.807) is 105 Å². The number of carboxylic acids is 1. The van der Waals surface area contributed by atoms with Crippen LogP contribution in [0.3, 0.4) is 0 Å². The highest BCUT2D eigenvalue weighted by molar-refractivity contribution is 7.99. The van der Waals surface area contributed by atoms with Crippen molar-refractivity contribution in [1.82, 2.24) is 10.2 Å². The number of carbonyl (C=O) groups is 5. The molecule has 8 aromatic carbocycles. The molecule has 0 spiro atoms. The number of esters is 2. The van der Waals surface area contributed by atoms with E-state index in [0.717, 1.165) is 127 Å². The maximum atomic E-state index is 15.2. The number of aliphatic carboxylic acids is 1. The lowest BCUT2D eigenvalue weighted by atomic mass is 10.0. The zero-order valence-corrected chi connectivity index (χ0v) is 68.2. The number of ketones is 1. The SMILES string of the molecule is CCOC(=O)C(=O)c1cc2cc(F)ccc2s1.CCOC(=O)C(F)(F)c1cc2cc(F)ccc2s1.COC(CSc1ccc(F)cc1)OC.Fc1ccc(S)cc1.Fc1ccc2sccc2c1.O=C(N[C@H](CN1CCCC1)[C@H](O)c1ccc2c(c1)OCCO2)C(F)(F)c1cc2cc(F)ccc2s1.O=C(O)C(F)(F)c1cc2cc(F)ccc2s1. The van der Waals surface area contributed by atoms with Crippen LogP contribution in [0.2, 0.25) is 0 Å². The molecule has 15 nitrogen and oxygen atoms in total. The predicted molar refractivity (Wildman–Crippen MR) is 434 cm³/mol. The molecule has 2 aliphatic rings. The number of aliphatic hydroxyl groups is 1. The molecule has 1 fully saturated rings. The van der Waals surface area contributed by atoms with Crippen LogP contribution in [0.4, 0.5) is 57.1 Å². The molecule has 13 aromatic rings. The number of nitrogens with zero attached hydrogens (tertiary/aromatic N) is 1. The second-order valence-corrected chi connectivity index (χ2v) is 32.0. The number of alkyl halides is 6. The Morgan fingerprint density at radius 1 is 0.517 bits per heavy atom. The number of carbonyl (C=O) groups excluding carboxylic acids is 4. The fraction of sp³-hybridized carbons (Fsp3) is 0.241. The first-order valence-electron chi connectivity index (χ1n) is 35.3. The number of thiophene rings is 5. The lowest BCUT2D eigenvalue weighted by molar-refractivity contribution is -0.172. The third-order valence-electron chi connectivity index (χ3n) is 16.8. The highest BCUT2D eigenvalue weighted by Crippen LogP contribution is 2.42. The van der Waals surface area contributed by atoms with E-state index in [1.807, 2.05) is 16.3 Å². The summed E-state index contributed by atoms with van der Waals surface area (Å²) in [5.41, 5.74) is 0.430. The van der Waals surface area contributed by atoms with E-state index in [4.69, 9.17) is 24.1 Å². The number of benzene rings is 8. The van der Waals surface area contributed by atoms with Gasteiger partial charge < -0.3 is 48.9 Å². The molecular weight excluding hydrogens is 1700 g/mol. The van der Waals surface area contributed by atoms with Gasteiger partial charge in [0.05, 0.1) is 38.8 Å². The zero-order valence-electron chi connectivity index (χ0n) is 62.4. The number of methoxy groups -OCH3 is 2. The Labute approximate surface area is 695 Å². The van der Waals surface area contributed by atoms with E-state index in [9.17, 15) is 77.4 Å². The van der Waals surface area contributed by atoms with Crippen molar-refractivity contribution >= 4 is 161 Å². The number of aliphatic hydroxyl groups excluding tert-OH is 1. The van der Waals surface area contributed by atoms with Crippen molar-refractivity contribution in [2.45, 2.75) is 72.7 Å². The van der Waals surface area contributed by atoms with Crippen molar-refractivity contribution < 1.29 is 120 Å². The van der Waals surface area contributed by atoms with Crippen LogP contribution in [0.15, 0.2) is 203 Å². The van der Waals surface area contributed by atoms with Crippen LogP contribution in [0.5, 0.6) is 11.5 Å². The highest BCUT2D eigenvalue weighted by atomic mass is 32.2. The fourth-order valence-electron chi connectivity index (χ4n) is 11.0. The van der Waals surface area contributed by atoms with Crippen LogP contribution in [-0.2, 0) is 55.9 Å². The molecule has 0 aliphatic carbocycles. The molecule has 1 saturated heterocycles. The third-order valence-corrected chi connectivity index (χ3v) is 23.8. The highest BCUT2D eigenvalue weighted by Gasteiger charge is 2.46. The minimum absolute atomic E-state index is 0.117. The Morgan fingerprint density at radius 3 is 1.44 bits per heavy atom. The standard InChI is InChI=1S/C25H25F3N2O4S.C12H9F3O2S.C12H9FO3S.C10H5F3O2S.C10H13FO2S.C8H5FS.C6H5FS/c26-17-4-6-21-16(11-17)13-22(35-21)25(27,28)24(32)29-18(14-30-7-1-2-8-30)23(31)15-3-5-19-20(12-15)34-10-9-33-19;1-2-17-11(16)12(14,15)10-6-7-5-8(13)3-4-9(7)18-10;1-2-16-12(15)11(14)10-6-7-5-8(13)3-4-9(7)17-10;11-6-1-2-7-5(3-6)4-8(16-7)10(12,13)9(14)15;1-12-10(13-2)7-14-9-5-3-8(11)4-6-9;9-7-1-2-8-6(5-7)3-4-10-8;7-5-1-3-6(8)4-2-5/h3-6,11-13,18,23,31H,1-2,7-10,14H2,(H,29,32);3-6H,2H2,1H3;3-6H,2H2,1H3;1-4H,(H,14,15);3-6,10H,7H2,1-2H3;1-5H;1-4,8H/t18-,23-;;;;;;/m1....../s1.